The third-order valence-electron chi connectivity index (χ3n) is 5.91. The summed E-state index contributed by atoms with van der Waals surface area (Å²) in [7, 11) is 0. The van der Waals surface area contributed by atoms with E-state index in [1.807, 2.05) is 44.2 Å². The van der Waals surface area contributed by atoms with Gasteiger partial charge in [0.1, 0.15) is 5.75 Å². The maximum absolute atomic E-state index is 12.5. The van der Waals surface area contributed by atoms with Crippen LogP contribution in [0.1, 0.15) is 42.2 Å². The number of halogens is 2. The number of benzene rings is 3. The number of nitrogens with one attached hydrogen (secondary N) is 3. The molecule has 3 amide bonds. The lowest BCUT2D eigenvalue weighted by molar-refractivity contribution is -0.120. The zero-order chi connectivity index (χ0) is 27.9. The van der Waals surface area contributed by atoms with Crippen molar-refractivity contribution in [2.24, 2.45) is 5.73 Å². The van der Waals surface area contributed by atoms with Gasteiger partial charge in [-0.15, -0.1) is 0 Å². The Morgan fingerprint density at radius 3 is 2.42 bits per heavy atom. The molecule has 38 heavy (non-hydrogen) atoms. The molecule has 8 nitrogen and oxygen atoms in total. The average molecular weight is 559 g/mol. The van der Waals surface area contributed by atoms with Crippen LogP contribution in [0.5, 0.6) is 5.75 Å². The van der Waals surface area contributed by atoms with Crippen molar-refractivity contribution >= 4 is 40.8 Å². The maximum Gasteiger partial charge on any atom is 0.316 e. The number of amides is 3. The second-order valence-electron chi connectivity index (χ2n) is 9.75. The van der Waals surface area contributed by atoms with E-state index in [4.69, 9.17) is 28.9 Å². The Kier molecular flexibility index (Phi) is 9.99. The molecule has 3 aromatic carbocycles. The van der Waals surface area contributed by atoms with E-state index < -0.39 is 12.1 Å². The largest absolute Gasteiger partial charge is 0.506 e. The number of phenolic OH excluding ortho intramolecular Hbond substituents is 1. The minimum atomic E-state index is -0.881. The lowest BCUT2D eigenvalue weighted by Gasteiger charge is -2.28. The van der Waals surface area contributed by atoms with Crippen LogP contribution in [-0.4, -0.2) is 34.2 Å². The van der Waals surface area contributed by atoms with Gasteiger partial charge < -0.3 is 31.9 Å². The Balaban J connectivity index is 1.54. The Morgan fingerprint density at radius 2 is 1.71 bits per heavy atom. The fourth-order valence-electron chi connectivity index (χ4n) is 4.01. The third-order valence-corrected chi connectivity index (χ3v) is 6.65. The molecule has 0 heterocycles. The molecule has 1 atom stereocenters. The van der Waals surface area contributed by atoms with Crippen LogP contribution < -0.4 is 21.7 Å². The molecule has 0 saturated heterocycles. The zero-order valence-corrected chi connectivity index (χ0v) is 22.7. The van der Waals surface area contributed by atoms with Gasteiger partial charge in [-0.3, -0.25) is 4.79 Å². The topological polar surface area (TPSA) is 137 Å². The van der Waals surface area contributed by atoms with Crippen molar-refractivity contribution in [3.05, 3.63) is 93.0 Å². The van der Waals surface area contributed by atoms with E-state index in [-0.39, 0.29) is 35.8 Å². The summed E-state index contributed by atoms with van der Waals surface area (Å²) in [5.41, 5.74) is 8.20. The number of nitrogens with two attached hydrogens (primary N) is 1. The van der Waals surface area contributed by atoms with Gasteiger partial charge in [-0.2, -0.15) is 0 Å². The first-order valence-electron chi connectivity index (χ1n) is 12.0. The van der Waals surface area contributed by atoms with E-state index in [0.29, 0.717) is 28.6 Å². The smallest absolute Gasteiger partial charge is 0.316 e. The molecule has 0 aromatic heterocycles. The summed E-state index contributed by atoms with van der Waals surface area (Å²) in [5.74, 6) is -0.246. The minimum Gasteiger partial charge on any atom is -0.506 e. The highest BCUT2D eigenvalue weighted by Crippen LogP contribution is 2.27. The lowest BCUT2D eigenvalue weighted by Crippen LogP contribution is -2.43. The number of β-amino-alcohol motifs (C(OH)–C–C–N with tert-alkyl or cyclic N) is 1. The van der Waals surface area contributed by atoms with E-state index in [1.54, 1.807) is 18.2 Å². The highest BCUT2D eigenvalue weighted by atomic mass is 35.5. The van der Waals surface area contributed by atoms with Crippen LogP contribution in [0.2, 0.25) is 10.0 Å². The monoisotopic (exact) mass is 558 g/mol. The first kappa shape index (κ1) is 29.3. The van der Waals surface area contributed by atoms with Crippen molar-refractivity contribution in [2.75, 3.05) is 11.9 Å². The summed E-state index contributed by atoms with van der Waals surface area (Å²) in [4.78, 5) is 23.6. The minimum absolute atomic E-state index is 0.104. The number of aromatic hydroxyl groups is 1. The van der Waals surface area contributed by atoms with Gasteiger partial charge in [-0.25, -0.2) is 4.79 Å². The number of aliphatic hydroxyl groups is 1. The van der Waals surface area contributed by atoms with E-state index in [9.17, 15) is 19.8 Å². The Morgan fingerprint density at radius 1 is 0.974 bits per heavy atom. The van der Waals surface area contributed by atoms with Gasteiger partial charge in [0.25, 0.3) is 0 Å². The fourth-order valence-corrected chi connectivity index (χ4v) is 4.33. The van der Waals surface area contributed by atoms with Crippen LogP contribution in [0, 0.1) is 0 Å². The van der Waals surface area contributed by atoms with Gasteiger partial charge in [0.15, 0.2) is 0 Å². The summed E-state index contributed by atoms with van der Waals surface area (Å²) in [6, 6.07) is 16.7. The molecule has 0 radical (unpaired) electrons. The molecule has 0 aliphatic heterocycles. The van der Waals surface area contributed by atoms with Crippen LogP contribution >= 0.6 is 23.2 Å². The number of hydrogen-bond donors (Lipinski definition) is 6. The summed E-state index contributed by atoms with van der Waals surface area (Å²) >= 11 is 12.0. The molecular formula is C28H32Cl2N4O4. The van der Waals surface area contributed by atoms with Crippen molar-refractivity contribution in [1.29, 1.82) is 0 Å². The highest BCUT2D eigenvalue weighted by molar-refractivity contribution is 6.42. The molecule has 0 saturated carbocycles. The summed E-state index contributed by atoms with van der Waals surface area (Å²) < 4.78 is 0. The van der Waals surface area contributed by atoms with Gasteiger partial charge in [0.05, 0.1) is 28.3 Å². The SMILES string of the molecule is CC(C)(Cc1cccc(CC(=O)NCc2ccc(Cl)c(Cl)c2)c1)NC[C@H](O)c1ccc(O)c(NC(N)=O)c1. The second kappa shape index (κ2) is 13.0. The maximum atomic E-state index is 12.5. The number of phenols is 1. The third kappa shape index (κ3) is 8.92. The van der Waals surface area contributed by atoms with Crippen molar-refractivity contribution in [2.45, 2.75) is 44.9 Å². The lowest BCUT2D eigenvalue weighted by atomic mass is 9.93. The fraction of sp³-hybridized carbons (Fsp3) is 0.286. The average Bonchev–Trinajstić information content (AvgIpc) is 2.84. The molecule has 3 rings (SSSR count). The number of primary amides is 1. The number of aliphatic hydroxyl groups excluding tert-OH is 1. The first-order chi connectivity index (χ1) is 17.9. The van der Waals surface area contributed by atoms with Gasteiger partial charge in [-0.05, 0) is 66.8 Å². The first-order valence-corrected chi connectivity index (χ1v) is 12.8. The molecular weight excluding hydrogens is 527 g/mol. The number of rotatable bonds is 11. The molecule has 0 spiro atoms. The van der Waals surface area contributed by atoms with Gasteiger partial charge in [0.2, 0.25) is 5.91 Å². The Labute approximate surface area is 232 Å². The van der Waals surface area contributed by atoms with Crippen molar-refractivity contribution < 1.29 is 19.8 Å². The van der Waals surface area contributed by atoms with Gasteiger partial charge in [0, 0.05) is 18.6 Å². The molecule has 0 aliphatic rings. The predicted octanol–water partition coefficient (Wildman–Crippen LogP) is 4.69. The van der Waals surface area contributed by atoms with Gasteiger partial charge in [-0.1, -0.05) is 59.6 Å². The van der Waals surface area contributed by atoms with E-state index in [1.165, 1.54) is 12.1 Å². The van der Waals surface area contributed by atoms with Crippen LogP contribution in [0.4, 0.5) is 10.5 Å². The number of carbonyl (C=O) groups excluding carboxylic acids is 2. The Bertz CT molecular complexity index is 1300. The molecule has 0 bridgehead atoms. The summed E-state index contributed by atoms with van der Waals surface area (Å²) in [5, 5.41) is 30.0. The zero-order valence-electron chi connectivity index (χ0n) is 21.2. The molecule has 3 aromatic rings. The van der Waals surface area contributed by atoms with Crippen molar-refractivity contribution in [3.63, 3.8) is 0 Å². The number of carbonyl (C=O) groups is 2. The van der Waals surface area contributed by atoms with Crippen LogP contribution in [0.3, 0.4) is 0 Å². The number of hydrogen-bond acceptors (Lipinski definition) is 5. The quantitative estimate of drug-likeness (QED) is 0.189. The number of anilines is 1. The molecule has 0 unspecified atom stereocenters. The normalized spacial score (nSPS) is 12.1. The highest BCUT2D eigenvalue weighted by Gasteiger charge is 2.21. The van der Waals surface area contributed by atoms with Crippen LogP contribution in [0.15, 0.2) is 60.7 Å². The number of urea groups is 1. The molecule has 7 N–H and O–H groups in total. The van der Waals surface area contributed by atoms with Crippen molar-refractivity contribution in [3.8, 4) is 5.75 Å². The summed E-state index contributed by atoms with van der Waals surface area (Å²) in [6.45, 7) is 4.64. The van der Waals surface area contributed by atoms with Crippen molar-refractivity contribution in [1.82, 2.24) is 10.6 Å². The molecule has 10 heteroatoms. The van der Waals surface area contributed by atoms with E-state index >= 15 is 0 Å². The molecule has 0 fully saturated rings. The van der Waals surface area contributed by atoms with Gasteiger partial charge >= 0.3 is 6.03 Å². The van der Waals surface area contributed by atoms with Crippen LogP contribution in [0.25, 0.3) is 0 Å². The standard InChI is InChI=1S/C28H32Cl2N4O4/c1-28(2,33-16-25(36)20-7-9-24(35)23(13-20)34-27(31)38)14-18-5-3-4-17(10-18)12-26(37)32-15-19-6-8-21(29)22(30)11-19/h3-11,13,25,33,35-36H,12,14-16H2,1-2H3,(H,32,37)(H3,31,34,38)/t25-/m0/s1. The predicted molar refractivity (Wildman–Crippen MR) is 151 cm³/mol. The summed E-state index contributed by atoms with van der Waals surface area (Å²) in [6.07, 6.45) is 0.0149. The molecule has 0 aliphatic carbocycles. The second-order valence-corrected chi connectivity index (χ2v) is 10.6. The van der Waals surface area contributed by atoms with Crippen LogP contribution in [-0.2, 0) is 24.2 Å². The van der Waals surface area contributed by atoms with E-state index in [2.05, 4.69) is 16.0 Å². The molecule has 202 valence electrons. The van der Waals surface area contributed by atoms with E-state index in [0.717, 1.165) is 16.7 Å². The Hall–Kier alpha value is -3.30.